The molecule has 2 aromatic carbocycles. The van der Waals surface area contributed by atoms with Gasteiger partial charge in [-0.25, -0.2) is 0 Å². The maximum atomic E-state index is 13.3. The average molecular weight is 531 g/mol. The molecule has 2 N–H and O–H groups in total. The molecule has 0 bridgehead atoms. The van der Waals surface area contributed by atoms with Crippen LogP contribution < -0.4 is 15.0 Å². The van der Waals surface area contributed by atoms with Gasteiger partial charge in [-0.15, -0.1) is 10.2 Å². The summed E-state index contributed by atoms with van der Waals surface area (Å²) in [5, 5.41) is 22.1. The first-order valence-electron chi connectivity index (χ1n) is 11.9. The molecule has 1 amide bonds. The Balaban J connectivity index is 1.75. The summed E-state index contributed by atoms with van der Waals surface area (Å²) in [6.07, 6.45) is 1.85. The number of carboxylic acid groups (broad SMARTS) is 1. The van der Waals surface area contributed by atoms with Crippen LogP contribution in [0.4, 0.5) is 5.13 Å². The maximum Gasteiger partial charge on any atom is 0.304 e. The Morgan fingerprint density at radius 2 is 1.86 bits per heavy atom. The van der Waals surface area contributed by atoms with E-state index in [2.05, 4.69) is 22.4 Å². The van der Waals surface area contributed by atoms with Crippen molar-refractivity contribution in [3.63, 3.8) is 0 Å². The van der Waals surface area contributed by atoms with Crippen molar-refractivity contribution in [1.82, 2.24) is 15.5 Å². The fraction of sp³-hybridized carbons (Fsp3) is 0.385. The van der Waals surface area contributed by atoms with E-state index in [4.69, 9.17) is 21.4 Å². The zero-order valence-electron chi connectivity index (χ0n) is 20.7. The van der Waals surface area contributed by atoms with Gasteiger partial charge in [0.15, 0.2) is 0 Å². The lowest BCUT2D eigenvalue weighted by Gasteiger charge is -2.19. The molecule has 1 heterocycles. The highest BCUT2D eigenvalue weighted by atomic mass is 35.5. The van der Waals surface area contributed by atoms with Gasteiger partial charge >= 0.3 is 5.97 Å². The van der Waals surface area contributed by atoms with Gasteiger partial charge in [-0.05, 0) is 55.7 Å². The molecule has 0 saturated carbocycles. The number of nitrogens with zero attached hydrogens (tertiary/aromatic N) is 3. The number of anilines is 1. The van der Waals surface area contributed by atoms with Gasteiger partial charge in [-0.2, -0.15) is 0 Å². The molecule has 0 aliphatic carbocycles. The van der Waals surface area contributed by atoms with Crippen LogP contribution in [0, 0.1) is 13.8 Å². The smallest absolute Gasteiger partial charge is 0.304 e. The van der Waals surface area contributed by atoms with Crippen LogP contribution in [-0.4, -0.2) is 53.4 Å². The number of amides is 1. The molecule has 36 heavy (non-hydrogen) atoms. The number of carbonyl (C=O) groups is 2. The van der Waals surface area contributed by atoms with E-state index in [1.165, 1.54) is 11.3 Å². The third-order valence-corrected chi connectivity index (χ3v) is 6.80. The van der Waals surface area contributed by atoms with Gasteiger partial charge in [0, 0.05) is 25.2 Å². The number of carbonyl (C=O) groups excluding carboxylic acids is 1. The second-order valence-electron chi connectivity index (χ2n) is 8.36. The molecule has 3 aromatic rings. The highest BCUT2D eigenvalue weighted by Crippen LogP contribution is 2.34. The van der Waals surface area contributed by atoms with Crippen molar-refractivity contribution in [2.45, 2.75) is 40.0 Å². The molecule has 3 rings (SSSR count). The molecule has 8 nitrogen and oxygen atoms in total. The van der Waals surface area contributed by atoms with Crippen LogP contribution in [-0.2, 0) is 4.79 Å². The Labute approximate surface area is 220 Å². The summed E-state index contributed by atoms with van der Waals surface area (Å²) in [6.45, 7) is 7.94. The zero-order valence-corrected chi connectivity index (χ0v) is 22.3. The van der Waals surface area contributed by atoms with Crippen molar-refractivity contribution in [3.8, 4) is 16.3 Å². The van der Waals surface area contributed by atoms with E-state index in [-0.39, 0.29) is 12.3 Å². The molecular formula is C26H31ClN4O4S. The van der Waals surface area contributed by atoms with Crippen LogP contribution in [0.5, 0.6) is 5.75 Å². The van der Waals surface area contributed by atoms with Crippen molar-refractivity contribution in [2.24, 2.45) is 0 Å². The van der Waals surface area contributed by atoms with Crippen molar-refractivity contribution in [2.75, 3.05) is 31.1 Å². The molecule has 0 unspecified atom stereocenters. The second-order valence-corrected chi connectivity index (χ2v) is 9.72. The topological polar surface area (TPSA) is 105 Å². The first-order valence-corrected chi connectivity index (χ1v) is 13.1. The molecule has 1 aromatic heterocycles. The number of rotatable bonds is 13. The molecule has 10 heteroatoms. The molecule has 0 aliphatic heterocycles. The van der Waals surface area contributed by atoms with E-state index >= 15 is 0 Å². The lowest BCUT2D eigenvalue weighted by Crippen LogP contribution is -2.32. The summed E-state index contributed by atoms with van der Waals surface area (Å²) in [5.41, 5.74) is 3.27. The maximum absolute atomic E-state index is 13.3. The number of carboxylic acids is 1. The first-order chi connectivity index (χ1) is 17.3. The summed E-state index contributed by atoms with van der Waals surface area (Å²) >= 11 is 7.66. The molecule has 0 aliphatic rings. The quantitative estimate of drug-likeness (QED) is 0.286. The number of aliphatic carboxylic acids is 1. The standard InChI is InChI=1S/C26H31ClN4O4S/c1-4-5-13-31(25(34)20-8-6-7-9-21(20)27)26-30-29-24(36-26)19-15-17(2)23(18(3)16-19)35-14-12-28-11-10-22(32)33/h6-9,15-16,28H,4-5,10-14H2,1-3H3,(H,32,33). The number of aryl methyl sites for hydroxylation is 2. The molecule has 0 radical (unpaired) electrons. The Hall–Kier alpha value is -3.01. The number of aromatic nitrogens is 2. The summed E-state index contributed by atoms with van der Waals surface area (Å²) in [4.78, 5) is 25.5. The molecule has 0 fully saturated rings. The van der Waals surface area contributed by atoms with Gasteiger partial charge in [-0.3, -0.25) is 14.5 Å². The van der Waals surface area contributed by atoms with Gasteiger partial charge < -0.3 is 15.2 Å². The number of hydrogen-bond acceptors (Lipinski definition) is 7. The first kappa shape index (κ1) is 27.6. The Bertz CT molecular complexity index is 1180. The van der Waals surface area contributed by atoms with E-state index in [1.807, 2.05) is 26.0 Å². The minimum absolute atomic E-state index is 0.0798. The van der Waals surface area contributed by atoms with E-state index in [0.717, 1.165) is 35.3 Å². The molecule has 0 saturated heterocycles. The molecule has 0 spiro atoms. The zero-order chi connectivity index (χ0) is 26.1. The number of ether oxygens (including phenoxy) is 1. The second kappa shape index (κ2) is 13.3. The van der Waals surface area contributed by atoms with Crippen molar-refractivity contribution >= 4 is 39.9 Å². The Morgan fingerprint density at radius 1 is 1.14 bits per heavy atom. The number of halogens is 1. The number of hydrogen-bond donors (Lipinski definition) is 2. The largest absolute Gasteiger partial charge is 0.492 e. The van der Waals surface area contributed by atoms with Crippen LogP contribution in [0.15, 0.2) is 36.4 Å². The summed E-state index contributed by atoms with van der Waals surface area (Å²) in [7, 11) is 0. The number of nitrogens with one attached hydrogen (secondary N) is 1. The summed E-state index contributed by atoms with van der Waals surface area (Å²) in [5.74, 6) is -0.223. The minimum atomic E-state index is -0.827. The SMILES string of the molecule is CCCCN(C(=O)c1ccccc1Cl)c1nnc(-c2cc(C)c(OCCNCCC(=O)O)c(C)c2)s1. The lowest BCUT2D eigenvalue weighted by atomic mass is 10.1. The van der Waals surface area contributed by atoms with Crippen molar-refractivity contribution in [3.05, 3.63) is 58.1 Å². The predicted octanol–water partition coefficient (Wildman–Crippen LogP) is 5.37. The van der Waals surface area contributed by atoms with Crippen LogP contribution in [0.1, 0.15) is 47.7 Å². The van der Waals surface area contributed by atoms with Gasteiger partial charge in [0.25, 0.3) is 5.91 Å². The van der Waals surface area contributed by atoms with Crippen LogP contribution in [0.3, 0.4) is 0 Å². The van der Waals surface area contributed by atoms with E-state index < -0.39 is 5.97 Å². The van der Waals surface area contributed by atoms with Crippen LogP contribution >= 0.6 is 22.9 Å². The van der Waals surface area contributed by atoms with Gasteiger partial charge in [0.2, 0.25) is 5.13 Å². The fourth-order valence-electron chi connectivity index (χ4n) is 3.67. The van der Waals surface area contributed by atoms with Gasteiger partial charge in [-0.1, -0.05) is 48.4 Å². The predicted molar refractivity (Wildman–Crippen MR) is 143 cm³/mol. The minimum Gasteiger partial charge on any atom is -0.492 e. The van der Waals surface area contributed by atoms with Crippen LogP contribution in [0.25, 0.3) is 10.6 Å². The lowest BCUT2D eigenvalue weighted by molar-refractivity contribution is -0.136. The van der Waals surface area contributed by atoms with Crippen molar-refractivity contribution < 1.29 is 19.4 Å². The Morgan fingerprint density at radius 3 is 2.53 bits per heavy atom. The average Bonchev–Trinajstić information content (AvgIpc) is 3.33. The van der Waals surface area contributed by atoms with E-state index in [9.17, 15) is 9.59 Å². The number of benzene rings is 2. The summed E-state index contributed by atoms with van der Waals surface area (Å²) in [6, 6.07) is 11.0. The van der Waals surface area contributed by atoms with Crippen LogP contribution in [0.2, 0.25) is 5.02 Å². The van der Waals surface area contributed by atoms with E-state index in [0.29, 0.717) is 47.0 Å². The third kappa shape index (κ3) is 7.25. The molecule has 0 atom stereocenters. The summed E-state index contributed by atoms with van der Waals surface area (Å²) < 4.78 is 5.94. The van der Waals surface area contributed by atoms with E-state index in [1.54, 1.807) is 29.2 Å². The Kier molecular flexibility index (Phi) is 10.2. The highest BCUT2D eigenvalue weighted by Gasteiger charge is 2.23. The van der Waals surface area contributed by atoms with Gasteiger partial charge in [0.1, 0.15) is 17.4 Å². The molecular weight excluding hydrogens is 500 g/mol. The fourth-order valence-corrected chi connectivity index (χ4v) is 4.74. The van der Waals surface area contributed by atoms with Crippen molar-refractivity contribution in [1.29, 1.82) is 0 Å². The van der Waals surface area contributed by atoms with Gasteiger partial charge in [0.05, 0.1) is 17.0 Å². The highest BCUT2D eigenvalue weighted by molar-refractivity contribution is 7.18. The molecule has 192 valence electrons. The third-order valence-electron chi connectivity index (χ3n) is 5.48. The normalized spacial score (nSPS) is 10.9. The number of unbranched alkanes of at least 4 members (excludes halogenated alkanes) is 1. The monoisotopic (exact) mass is 530 g/mol.